The molecule has 1 aromatic carbocycles. The summed E-state index contributed by atoms with van der Waals surface area (Å²) in [4.78, 5) is 22.1. The zero-order valence-corrected chi connectivity index (χ0v) is 12.0. The Labute approximate surface area is 119 Å². The number of nitrogens with zero attached hydrogens (tertiary/aromatic N) is 1. The Hall–Kier alpha value is -1.44. The number of carbonyl (C=O) groups is 1. The lowest BCUT2D eigenvalue weighted by atomic mass is 10.1. The fourth-order valence-corrected chi connectivity index (χ4v) is 1.85. The molecule has 5 nitrogen and oxygen atoms in total. The molecular formula is C12H13IN2O3. The minimum Gasteiger partial charge on any atom is -0.352 e. The Bertz CT molecular complexity index is 486. The lowest BCUT2D eigenvalue weighted by molar-refractivity contribution is -0.385. The molecule has 0 unspecified atom stereocenters. The molecule has 0 aliphatic rings. The molecule has 0 aliphatic heterocycles. The van der Waals surface area contributed by atoms with Crippen LogP contribution in [0.4, 0.5) is 5.69 Å². The second-order valence-electron chi connectivity index (χ2n) is 3.53. The summed E-state index contributed by atoms with van der Waals surface area (Å²) in [5, 5.41) is 13.5. The number of nitro benzene ring substituents is 1. The van der Waals surface area contributed by atoms with E-state index in [9.17, 15) is 14.9 Å². The van der Waals surface area contributed by atoms with Crippen molar-refractivity contribution < 1.29 is 9.72 Å². The van der Waals surface area contributed by atoms with Gasteiger partial charge in [-0.2, -0.15) is 0 Å². The van der Waals surface area contributed by atoms with Gasteiger partial charge in [0.1, 0.15) is 5.56 Å². The number of hydrogen-bond donors (Lipinski definition) is 1. The van der Waals surface area contributed by atoms with E-state index in [-0.39, 0.29) is 11.3 Å². The maximum absolute atomic E-state index is 11.8. The third kappa shape index (κ3) is 4.10. The second kappa shape index (κ2) is 7.10. The first-order valence-corrected chi connectivity index (χ1v) is 6.47. The van der Waals surface area contributed by atoms with Crippen molar-refractivity contribution in [3.63, 3.8) is 0 Å². The quantitative estimate of drug-likeness (QED) is 0.289. The Morgan fingerprint density at radius 1 is 1.56 bits per heavy atom. The van der Waals surface area contributed by atoms with Gasteiger partial charge < -0.3 is 5.32 Å². The number of carbonyl (C=O) groups excluding carboxylic acids is 1. The van der Waals surface area contributed by atoms with Gasteiger partial charge in [0.2, 0.25) is 0 Å². The fourth-order valence-electron chi connectivity index (χ4n) is 1.38. The molecule has 0 aromatic heterocycles. The molecule has 0 fully saturated rings. The Kier molecular flexibility index (Phi) is 5.76. The molecule has 1 N–H and O–H groups in total. The number of rotatable bonds is 5. The highest BCUT2D eigenvalue weighted by molar-refractivity contribution is 14.1. The molecule has 0 aliphatic carbocycles. The van der Waals surface area contributed by atoms with Crippen molar-refractivity contribution in [2.45, 2.75) is 13.3 Å². The van der Waals surface area contributed by atoms with E-state index in [1.807, 2.05) is 41.7 Å². The van der Waals surface area contributed by atoms with Crippen LogP contribution in [0, 0.1) is 13.7 Å². The predicted molar refractivity (Wildman–Crippen MR) is 77.6 cm³/mol. The number of allylic oxidation sites excluding steroid dienone is 1. The van der Waals surface area contributed by atoms with E-state index >= 15 is 0 Å². The van der Waals surface area contributed by atoms with Gasteiger partial charge in [-0.25, -0.2) is 0 Å². The van der Waals surface area contributed by atoms with Crippen LogP contribution in [0.5, 0.6) is 0 Å². The first-order valence-electron chi connectivity index (χ1n) is 5.39. The molecular weight excluding hydrogens is 347 g/mol. The van der Waals surface area contributed by atoms with Gasteiger partial charge in [-0.1, -0.05) is 12.2 Å². The molecule has 0 radical (unpaired) electrons. The summed E-state index contributed by atoms with van der Waals surface area (Å²) in [7, 11) is 0. The van der Waals surface area contributed by atoms with Gasteiger partial charge in [-0.05, 0) is 48.1 Å². The van der Waals surface area contributed by atoms with Gasteiger partial charge in [0.15, 0.2) is 0 Å². The Balaban J connectivity index is 2.82. The highest BCUT2D eigenvalue weighted by Crippen LogP contribution is 2.21. The number of benzene rings is 1. The molecule has 1 rings (SSSR count). The van der Waals surface area contributed by atoms with Crippen molar-refractivity contribution in [1.82, 2.24) is 5.32 Å². The molecule has 96 valence electrons. The summed E-state index contributed by atoms with van der Waals surface area (Å²) >= 11 is 1.97. The van der Waals surface area contributed by atoms with E-state index in [0.29, 0.717) is 13.0 Å². The van der Waals surface area contributed by atoms with Crippen molar-refractivity contribution in [1.29, 1.82) is 0 Å². The summed E-state index contributed by atoms with van der Waals surface area (Å²) in [6, 6.07) is 4.54. The first kappa shape index (κ1) is 14.6. The van der Waals surface area contributed by atoms with E-state index < -0.39 is 10.8 Å². The number of nitrogens with one attached hydrogen (secondary N) is 1. The van der Waals surface area contributed by atoms with Gasteiger partial charge in [0.05, 0.1) is 4.92 Å². The molecule has 0 saturated heterocycles. The number of nitro groups is 1. The molecule has 1 aromatic rings. The largest absolute Gasteiger partial charge is 0.352 e. The number of halogens is 1. The maximum Gasteiger partial charge on any atom is 0.283 e. The van der Waals surface area contributed by atoms with Crippen LogP contribution in [0.2, 0.25) is 0 Å². The third-order valence-electron chi connectivity index (χ3n) is 2.23. The molecule has 0 saturated carbocycles. The lowest BCUT2D eigenvalue weighted by Gasteiger charge is -2.04. The molecule has 0 spiro atoms. The van der Waals surface area contributed by atoms with Crippen molar-refractivity contribution in [3.8, 4) is 0 Å². The molecule has 6 heteroatoms. The Morgan fingerprint density at radius 2 is 2.28 bits per heavy atom. The van der Waals surface area contributed by atoms with Crippen molar-refractivity contribution in [2.75, 3.05) is 6.54 Å². The SMILES string of the molecule is C/C=C/CCNC(=O)c1ccc(I)cc1[N+](=O)[O-]. The highest BCUT2D eigenvalue weighted by Gasteiger charge is 2.19. The third-order valence-corrected chi connectivity index (χ3v) is 2.90. The molecule has 1 amide bonds. The van der Waals surface area contributed by atoms with Crippen LogP contribution in [-0.4, -0.2) is 17.4 Å². The van der Waals surface area contributed by atoms with Gasteiger partial charge >= 0.3 is 0 Å². The first-order chi connectivity index (χ1) is 8.56. The second-order valence-corrected chi connectivity index (χ2v) is 4.78. The lowest BCUT2D eigenvalue weighted by Crippen LogP contribution is -2.25. The molecule has 18 heavy (non-hydrogen) atoms. The van der Waals surface area contributed by atoms with Crippen LogP contribution in [0.1, 0.15) is 23.7 Å². The average Bonchev–Trinajstić information content (AvgIpc) is 2.34. The van der Waals surface area contributed by atoms with Gasteiger partial charge in [-0.3, -0.25) is 14.9 Å². The van der Waals surface area contributed by atoms with Gasteiger partial charge in [0.25, 0.3) is 11.6 Å². The normalized spacial score (nSPS) is 10.6. The number of amides is 1. The van der Waals surface area contributed by atoms with Crippen molar-refractivity contribution in [3.05, 3.63) is 49.6 Å². The molecule has 0 bridgehead atoms. The van der Waals surface area contributed by atoms with Gasteiger partial charge in [-0.15, -0.1) is 0 Å². The van der Waals surface area contributed by atoms with E-state index in [1.165, 1.54) is 12.1 Å². The van der Waals surface area contributed by atoms with Crippen LogP contribution in [-0.2, 0) is 0 Å². The molecule has 0 atom stereocenters. The summed E-state index contributed by atoms with van der Waals surface area (Å²) in [6.07, 6.45) is 4.52. The zero-order valence-electron chi connectivity index (χ0n) is 9.85. The van der Waals surface area contributed by atoms with E-state index in [0.717, 1.165) is 3.57 Å². The monoisotopic (exact) mass is 360 g/mol. The smallest absolute Gasteiger partial charge is 0.283 e. The van der Waals surface area contributed by atoms with Crippen LogP contribution < -0.4 is 5.32 Å². The average molecular weight is 360 g/mol. The standard InChI is InChI=1S/C12H13IN2O3/c1-2-3-4-7-14-12(16)10-6-5-9(13)8-11(10)15(17)18/h2-3,5-6,8H,4,7H2,1H3,(H,14,16)/b3-2+. The minimum atomic E-state index is -0.539. The van der Waals surface area contributed by atoms with Crippen molar-refractivity contribution >= 4 is 34.2 Å². The summed E-state index contributed by atoms with van der Waals surface area (Å²) in [5.74, 6) is -0.414. The Morgan fingerprint density at radius 3 is 2.89 bits per heavy atom. The summed E-state index contributed by atoms with van der Waals surface area (Å²) < 4.78 is 0.727. The highest BCUT2D eigenvalue weighted by atomic mass is 127. The van der Waals surface area contributed by atoms with E-state index in [2.05, 4.69) is 5.32 Å². The van der Waals surface area contributed by atoms with Crippen LogP contribution in [0.3, 0.4) is 0 Å². The van der Waals surface area contributed by atoms with E-state index in [1.54, 1.807) is 6.07 Å². The van der Waals surface area contributed by atoms with Crippen LogP contribution in [0.15, 0.2) is 30.4 Å². The topological polar surface area (TPSA) is 72.2 Å². The van der Waals surface area contributed by atoms with Crippen LogP contribution >= 0.6 is 22.6 Å². The predicted octanol–water partition coefficient (Wildman–Crippen LogP) is 2.90. The zero-order chi connectivity index (χ0) is 13.5. The minimum absolute atomic E-state index is 0.0981. The van der Waals surface area contributed by atoms with Crippen molar-refractivity contribution in [2.24, 2.45) is 0 Å². The van der Waals surface area contributed by atoms with Gasteiger partial charge in [0, 0.05) is 16.2 Å². The van der Waals surface area contributed by atoms with Crippen LogP contribution in [0.25, 0.3) is 0 Å². The van der Waals surface area contributed by atoms with E-state index in [4.69, 9.17) is 0 Å². The maximum atomic E-state index is 11.8. The fraction of sp³-hybridized carbons (Fsp3) is 0.250. The molecule has 0 heterocycles. The summed E-state index contributed by atoms with van der Waals surface area (Å²) in [6.45, 7) is 2.36. The summed E-state index contributed by atoms with van der Waals surface area (Å²) in [5.41, 5.74) is -0.0636. The number of hydrogen-bond acceptors (Lipinski definition) is 3.